The number of aromatic hydroxyl groups is 2. The Morgan fingerprint density at radius 1 is 1.31 bits per heavy atom. The molecule has 0 unspecified atom stereocenters. The first-order valence-electron chi connectivity index (χ1n) is 10.3. The summed E-state index contributed by atoms with van der Waals surface area (Å²) in [4.78, 5) is 34.4. The SMILES string of the molecule is Cc1nc2nc(-c3cc(O)c(O)c(Cl)c3)nn2c(SCC2=C(C(=O)O)N3C(=O)[C@@H](N)[C@H]3SC2)c1C. The highest BCUT2D eigenvalue weighted by molar-refractivity contribution is 8.01. The zero-order valence-electron chi connectivity index (χ0n) is 18.4. The molecule has 182 valence electrons. The molecule has 0 radical (unpaired) electrons. The Morgan fingerprint density at radius 2 is 2.06 bits per heavy atom. The number of thioether (sulfide) groups is 2. The van der Waals surface area contributed by atoms with Crippen LogP contribution in [0.25, 0.3) is 17.2 Å². The summed E-state index contributed by atoms with van der Waals surface area (Å²) in [6.45, 7) is 3.71. The van der Waals surface area contributed by atoms with Crippen molar-refractivity contribution in [3.05, 3.63) is 39.7 Å². The van der Waals surface area contributed by atoms with E-state index in [1.165, 1.54) is 40.6 Å². The normalized spacial score (nSPS) is 19.8. The summed E-state index contributed by atoms with van der Waals surface area (Å²) in [6, 6.07) is 2.05. The van der Waals surface area contributed by atoms with Crippen LogP contribution >= 0.6 is 35.1 Å². The van der Waals surface area contributed by atoms with Crippen molar-refractivity contribution < 1.29 is 24.9 Å². The highest BCUT2D eigenvalue weighted by Gasteiger charge is 2.51. The maximum absolute atomic E-state index is 12.2. The highest BCUT2D eigenvalue weighted by Crippen LogP contribution is 2.41. The van der Waals surface area contributed by atoms with Gasteiger partial charge in [-0.1, -0.05) is 11.6 Å². The van der Waals surface area contributed by atoms with E-state index >= 15 is 0 Å². The van der Waals surface area contributed by atoms with Crippen LogP contribution in [0.2, 0.25) is 5.02 Å². The molecule has 5 rings (SSSR count). The van der Waals surface area contributed by atoms with Crippen molar-refractivity contribution in [2.45, 2.75) is 30.3 Å². The number of nitrogens with zero attached hydrogens (tertiary/aromatic N) is 5. The van der Waals surface area contributed by atoms with Crippen LogP contribution in [0.4, 0.5) is 0 Å². The minimum atomic E-state index is -1.16. The minimum absolute atomic E-state index is 0.0129. The lowest BCUT2D eigenvalue weighted by Crippen LogP contribution is -2.68. The first-order chi connectivity index (χ1) is 16.6. The Morgan fingerprint density at radius 3 is 2.74 bits per heavy atom. The van der Waals surface area contributed by atoms with E-state index in [-0.39, 0.29) is 21.9 Å². The van der Waals surface area contributed by atoms with Crippen LogP contribution in [0.15, 0.2) is 28.4 Å². The zero-order valence-corrected chi connectivity index (χ0v) is 20.8. The number of hydrogen-bond donors (Lipinski definition) is 4. The summed E-state index contributed by atoms with van der Waals surface area (Å²) in [7, 11) is 0. The standard InChI is InChI=1S/C21H19ClN6O5S2/c1-7-8(2)24-21-25-16(9-3-11(22)15(30)12(29)4-9)26-28(21)18(7)34-5-10-6-35-19-13(23)17(31)27(19)14(10)20(32)33/h3-4,13,19,29-30H,5-6,23H2,1-2H3,(H,32,33)/t13-,19-/m1/s1. The molecule has 0 bridgehead atoms. The summed E-state index contributed by atoms with van der Waals surface area (Å²) >= 11 is 8.80. The molecule has 3 aromatic rings. The van der Waals surface area contributed by atoms with Gasteiger partial charge in [0.2, 0.25) is 5.91 Å². The van der Waals surface area contributed by atoms with Crippen LogP contribution < -0.4 is 5.73 Å². The van der Waals surface area contributed by atoms with Crippen molar-refractivity contribution in [2.75, 3.05) is 11.5 Å². The van der Waals surface area contributed by atoms with E-state index in [0.29, 0.717) is 33.4 Å². The van der Waals surface area contributed by atoms with E-state index in [0.717, 1.165) is 11.3 Å². The number of β-lactam (4-membered cyclic amide) rings is 1. The predicted octanol–water partition coefficient (Wildman–Crippen LogP) is 2.15. The number of carboxylic acids is 1. The molecule has 1 amide bonds. The molecule has 0 spiro atoms. The van der Waals surface area contributed by atoms with Gasteiger partial charge in [0.05, 0.1) is 5.02 Å². The lowest BCUT2D eigenvalue weighted by Gasteiger charge is -2.48. The predicted molar refractivity (Wildman–Crippen MR) is 130 cm³/mol. The van der Waals surface area contributed by atoms with E-state index in [4.69, 9.17) is 17.3 Å². The molecule has 2 atom stereocenters. The third-order valence-electron chi connectivity index (χ3n) is 5.89. The number of phenolic OH excluding ortho intramolecular Hbond substituents is 2. The maximum atomic E-state index is 12.2. The van der Waals surface area contributed by atoms with Crippen molar-refractivity contribution in [1.82, 2.24) is 24.5 Å². The number of fused-ring (bicyclic) bond motifs is 2. The van der Waals surface area contributed by atoms with Gasteiger partial charge >= 0.3 is 5.97 Å². The van der Waals surface area contributed by atoms with Crippen molar-refractivity contribution in [1.29, 1.82) is 0 Å². The van der Waals surface area contributed by atoms with E-state index in [2.05, 4.69) is 15.1 Å². The van der Waals surface area contributed by atoms with Crippen LogP contribution in [0.1, 0.15) is 11.3 Å². The molecule has 1 aromatic carbocycles. The first-order valence-corrected chi connectivity index (χ1v) is 12.7. The van der Waals surface area contributed by atoms with Gasteiger partial charge in [0, 0.05) is 28.3 Å². The van der Waals surface area contributed by atoms with Gasteiger partial charge in [-0.25, -0.2) is 9.78 Å². The average molecular weight is 535 g/mol. The molecule has 35 heavy (non-hydrogen) atoms. The summed E-state index contributed by atoms with van der Waals surface area (Å²) in [5, 5.41) is 34.3. The number of aliphatic carboxylic acids is 1. The van der Waals surface area contributed by atoms with Crippen molar-refractivity contribution >= 4 is 52.8 Å². The Balaban J connectivity index is 1.53. The molecule has 14 heteroatoms. The molecular formula is C21H19ClN6O5S2. The Bertz CT molecular complexity index is 1430. The molecule has 2 aliphatic heterocycles. The summed E-state index contributed by atoms with van der Waals surface area (Å²) in [6.07, 6.45) is 0. The number of carbonyl (C=O) groups excluding carboxylic acids is 1. The third kappa shape index (κ3) is 3.78. The lowest BCUT2D eigenvalue weighted by atomic mass is 10.0. The second kappa shape index (κ2) is 8.59. The van der Waals surface area contributed by atoms with E-state index in [1.807, 2.05) is 13.8 Å². The molecule has 5 N–H and O–H groups in total. The highest BCUT2D eigenvalue weighted by atomic mass is 35.5. The Hall–Kier alpha value is -3.00. The maximum Gasteiger partial charge on any atom is 0.352 e. The fourth-order valence-electron chi connectivity index (χ4n) is 3.91. The number of halogens is 1. The average Bonchev–Trinajstić information content (AvgIpc) is 3.24. The number of rotatable bonds is 5. The van der Waals surface area contributed by atoms with Crippen LogP contribution in [-0.2, 0) is 9.59 Å². The number of hydrogen-bond acceptors (Lipinski definition) is 10. The monoisotopic (exact) mass is 534 g/mol. The largest absolute Gasteiger partial charge is 0.504 e. The fraction of sp³-hybridized carbons (Fsp3) is 0.286. The summed E-state index contributed by atoms with van der Waals surface area (Å²) in [5.41, 5.74) is 8.38. The smallest absolute Gasteiger partial charge is 0.352 e. The number of aryl methyl sites for hydroxylation is 1. The quantitative estimate of drug-likeness (QED) is 0.164. The van der Waals surface area contributed by atoms with Gasteiger partial charge in [-0.2, -0.15) is 9.50 Å². The molecule has 11 nitrogen and oxygen atoms in total. The van der Waals surface area contributed by atoms with E-state index in [9.17, 15) is 24.9 Å². The van der Waals surface area contributed by atoms with E-state index in [1.54, 1.807) is 4.52 Å². The Kier molecular flexibility index (Phi) is 5.82. The van der Waals surface area contributed by atoms with Crippen LogP contribution in [-0.4, -0.2) is 74.6 Å². The molecule has 4 heterocycles. The van der Waals surface area contributed by atoms with Crippen LogP contribution in [0.3, 0.4) is 0 Å². The number of carboxylic acid groups (broad SMARTS) is 1. The number of nitrogens with two attached hydrogens (primary N) is 1. The van der Waals surface area contributed by atoms with Gasteiger partial charge in [0.1, 0.15) is 22.1 Å². The van der Waals surface area contributed by atoms with Gasteiger partial charge in [-0.05, 0) is 31.6 Å². The fourth-order valence-corrected chi connectivity index (χ4v) is 6.71. The Labute approximate surface area is 212 Å². The molecule has 2 aliphatic rings. The van der Waals surface area contributed by atoms with Gasteiger partial charge in [0.15, 0.2) is 17.3 Å². The van der Waals surface area contributed by atoms with Gasteiger partial charge in [0.25, 0.3) is 5.78 Å². The minimum Gasteiger partial charge on any atom is -0.504 e. The van der Waals surface area contributed by atoms with Gasteiger partial charge < -0.3 is 21.1 Å². The number of phenols is 2. The molecule has 1 saturated heterocycles. The number of aromatic nitrogens is 4. The second-order valence-electron chi connectivity index (χ2n) is 8.08. The van der Waals surface area contributed by atoms with Gasteiger partial charge in [-0.15, -0.1) is 28.6 Å². The third-order valence-corrected chi connectivity index (χ3v) is 8.78. The van der Waals surface area contributed by atoms with Crippen molar-refractivity contribution in [3.8, 4) is 22.9 Å². The molecule has 0 saturated carbocycles. The molecule has 0 aliphatic carbocycles. The zero-order chi connectivity index (χ0) is 25.2. The molecule has 2 aromatic heterocycles. The first kappa shape index (κ1) is 23.7. The van der Waals surface area contributed by atoms with Gasteiger partial charge in [-0.3, -0.25) is 9.69 Å². The molecular weight excluding hydrogens is 516 g/mol. The molecule has 1 fully saturated rings. The number of benzene rings is 1. The van der Waals surface area contributed by atoms with Crippen molar-refractivity contribution in [3.63, 3.8) is 0 Å². The van der Waals surface area contributed by atoms with Crippen LogP contribution in [0, 0.1) is 13.8 Å². The summed E-state index contributed by atoms with van der Waals surface area (Å²) in [5.74, 6) is -1.09. The van der Waals surface area contributed by atoms with Crippen molar-refractivity contribution in [2.24, 2.45) is 5.73 Å². The summed E-state index contributed by atoms with van der Waals surface area (Å²) < 4.78 is 1.55. The van der Waals surface area contributed by atoms with Crippen LogP contribution in [0.5, 0.6) is 11.5 Å². The van der Waals surface area contributed by atoms with E-state index < -0.39 is 29.4 Å². The second-order valence-corrected chi connectivity index (χ2v) is 10.6. The number of carbonyl (C=O) groups is 2. The topological polar surface area (TPSA) is 167 Å². The number of amides is 1. The lowest BCUT2D eigenvalue weighted by molar-refractivity contribution is -0.147.